The summed E-state index contributed by atoms with van der Waals surface area (Å²) in [4.78, 5) is 0. The Morgan fingerprint density at radius 2 is 1.50 bits per heavy atom. The monoisotopic (exact) mass is 250 g/mol. The molecule has 0 saturated carbocycles. The Bertz CT molecular complexity index is 268. The summed E-state index contributed by atoms with van der Waals surface area (Å²) in [5.74, 6) is 0. The van der Waals surface area contributed by atoms with Gasteiger partial charge in [0, 0.05) is 6.42 Å². The molecule has 0 amide bonds. The molecule has 0 aliphatic rings. The summed E-state index contributed by atoms with van der Waals surface area (Å²) < 4.78 is 55.6. The zero-order valence-electron chi connectivity index (χ0n) is 9.84. The van der Waals surface area contributed by atoms with Crippen LogP contribution < -0.4 is 18.9 Å². The summed E-state index contributed by atoms with van der Waals surface area (Å²) in [5.41, 5.74) is 0. The van der Waals surface area contributed by atoms with Crippen molar-refractivity contribution in [3.8, 4) is 0 Å². The predicted molar refractivity (Wildman–Crippen MR) is 52.6 cm³/mol. The maximum Gasteiger partial charge on any atom is 1.00 e. The maximum absolute atomic E-state index is 12.6. The van der Waals surface area contributed by atoms with E-state index in [2.05, 4.69) is 0 Å². The molecule has 7 heteroatoms. The summed E-state index contributed by atoms with van der Waals surface area (Å²) in [6.45, 7) is 2.04. The van der Waals surface area contributed by atoms with Gasteiger partial charge < -0.3 is 4.55 Å². The van der Waals surface area contributed by atoms with E-state index >= 15 is 0 Å². The Morgan fingerprint density at radius 1 is 1.06 bits per heavy atom. The van der Waals surface area contributed by atoms with Crippen molar-refractivity contribution in [3.63, 3.8) is 0 Å². The van der Waals surface area contributed by atoms with Crippen molar-refractivity contribution in [2.75, 3.05) is 0 Å². The molecule has 0 N–H and O–H groups in total. The van der Waals surface area contributed by atoms with Crippen LogP contribution in [-0.2, 0) is 10.1 Å². The third kappa shape index (κ3) is 7.61. The second-order valence-electron chi connectivity index (χ2n) is 3.61. The summed E-state index contributed by atoms with van der Waals surface area (Å²) in [6, 6.07) is 0. The minimum Gasteiger partial charge on any atom is -0.743 e. The Labute approximate surface area is 108 Å². The number of hydrogen-bond donors (Lipinski definition) is 0. The second-order valence-corrected chi connectivity index (χ2v) is 5.11. The van der Waals surface area contributed by atoms with E-state index in [1.165, 1.54) is 0 Å². The van der Waals surface area contributed by atoms with Gasteiger partial charge in [-0.1, -0.05) is 39.0 Å². The molecule has 0 heterocycles. The standard InChI is InChI=1S/C9H18F2O3S.Li/c1-2-3-4-5-6-7-8-9(10,11)15(12,13)14;/h2-8H2,1H3,(H,12,13,14);/q;+1/p-1. The molecular weight excluding hydrogens is 233 g/mol. The van der Waals surface area contributed by atoms with Crippen molar-refractivity contribution < 1.29 is 40.6 Å². The zero-order chi connectivity index (χ0) is 11.9. The third-order valence-electron chi connectivity index (χ3n) is 2.19. The van der Waals surface area contributed by atoms with Crippen LogP contribution in [0.3, 0.4) is 0 Å². The molecule has 92 valence electrons. The number of halogens is 2. The van der Waals surface area contributed by atoms with E-state index in [0.717, 1.165) is 25.7 Å². The molecule has 0 fully saturated rings. The van der Waals surface area contributed by atoms with Crippen LogP contribution in [0.25, 0.3) is 0 Å². The molecule has 0 spiro atoms. The molecule has 16 heavy (non-hydrogen) atoms. The summed E-state index contributed by atoms with van der Waals surface area (Å²) in [5, 5.41) is -4.10. The van der Waals surface area contributed by atoms with Gasteiger partial charge in [0.1, 0.15) is 0 Å². The first-order valence-corrected chi connectivity index (χ1v) is 6.55. The predicted octanol–water partition coefficient (Wildman–Crippen LogP) is -0.121. The second kappa shape index (κ2) is 8.46. The van der Waals surface area contributed by atoms with Crippen molar-refractivity contribution >= 4 is 10.1 Å². The van der Waals surface area contributed by atoms with Crippen molar-refractivity contribution in [2.24, 2.45) is 0 Å². The maximum atomic E-state index is 12.6. The fourth-order valence-corrected chi connectivity index (χ4v) is 1.63. The molecule has 0 aromatic heterocycles. The van der Waals surface area contributed by atoms with Crippen LogP contribution in [0.5, 0.6) is 0 Å². The van der Waals surface area contributed by atoms with E-state index < -0.39 is 21.8 Å². The van der Waals surface area contributed by atoms with Gasteiger partial charge >= 0.3 is 24.1 Å². The topological polar surface area (TPSA) is 57.2 Å². The van der Waals surface area contributed by atoms with Crippen LogP contribution in [0, 0.1) is 0 Å². The normalized spacial score (nSPS) is 12.2. The van der Waals surface area contributed by atoms with E-state index in [-0.39, 0.29) is 25.3 Å². The number of hydrogen-bond acceptors (Lipinski definition) is 3. The van der Waals surface area contributed by atoms with Crippen LogP contribution in [0.1, 0.15) is 51.9 Å². The molecule has 0 aromatic carbocycles. The van der Waals surface area contributed by atoms with E-state index in [1.54, 1.807) is 0 Å². The van der Waals surface area contributed by atoms with Crippen molar-refractivity contribution in [2.45, 2.75) is 57.1 Å². The first kappa shape index (κ1) is 18.7. The third-order valence-corrected chi connectivity index (χ3v) is 3.12. The van der Waals surface area contributed by atoms with Gasteiger partial charge in [-0.05, 0) is 6.42 Å². The Kier molecular flexibility index (Phi) is 9.90. The first-order valence-electron chi connectivity index (χ1n) is 5.14. The Hall–Kier alpha value is 0.367. The molecule has 0 rings (SSSR count). The van der Waals surface area contributed by atoms with Gasteiger partial charge in [0.05, 0.1) is 0 Å². The van der Waals surface area contributed by atoms with E-state index in [4.69, 9.17) is 0 Å². The van der Waals surface area contributed by atoms with E-state index in [1.807, 2.05) is 6.92 Å². The van der Waals surface area contributed by atoms with Crippen molar-refractivity contribution in [1.82, 2.24) is 0 Å². The van der Waals surface area contributed by atoms with Crippen LogP contribution >= 0.6 is 0 Å². The summed E-state index contributed by atoms with van der Waals surface area (Å²) in [6.07, 6.45) is 3.66. The van der Waals surface area contributed by atoms with Crippen LogP contribution in [-0.4, -0.2) is 18.2 Å². The van der Waals surface area contributed by atoms with E-state index in [9.17, 15) is 21.8 Å². The Balaban J connectivity index is 0. The van der Waals surface area contributed by atoms with Crippen LogP contribution in [0.2, 0.25) is 0 Å². The summed E-state index contributed by atoms with van der Waals surface area (Å²) in [7, 11) is -5.48. The first-order chi connectivity index (χ1) is 6.81. The quantitative estimate of drug-likeness (QED) is 0.343. The minimum absolute atomic E-state index is 0. The van der Waals surface area contributed by atoms with Gasteiger partial charge in [0.15, 0.2) is 10.1 Å². The molecule has 0 unspecified atom stereocenters. The van der Waals surface area contributed by atoms with Crippen LogP contribution in [0.15, 0.2) is 0 Å². The van der Waals surface area contributed by atoms with Gasteiger partial charge in [-0.2, -0.15) is 8.78 Å². The average molecular weight is 250 g/mol. The molecule has 0 atom stereocenters. The van der Waals surface area contributed by atoms with Crippen molar-refractivity contribution in [3.05, 3.63) is 0 Å². The van der Waals surface area contributed by atoms with Gasteiger partial charge in [-0.3, -0.25) is 0 Å². The number of alkyl halides is 2. The zero-order valence-corrected chi connectivity index (χ0v) is 10.7. The molecular formula is C9H17F2LiO3S. The summed E-state index contributed by atoms with van der Waals surface area (Å²) >= 11 is 0. The van der Waals surface area contributed by atoms with Gasteiger partial charge in [0.25, 0.3) is 0 Å². The molecule has 0 bridgehead atoms. The fraction of sp³-hybridized carbons (Fsp3) is 1.00. The number of unbranched alkanes of at least 4 members (excludes halogenated alkanes) is 5. The van der Waals surface area contributed by atoms with Crippen molar-refractivity contribution in [1.29, 1.82) is 0 Å². The molecule has 0 aromatic rings. The Morgan fingerprint density at radius 3 is 1.94 bits per heavy atom. The van der Waals surface area contributed by atoms with Gasteiger partial charge in [-0.15, -0.1) is 0 Å². The van der Waals surface area contributed by atoms with Gasteiger partial charge in [0.2, 0.25) is 0 Å². The SMILES string of the molecule is CCCCCCCCC(F)(F)S(=O)(=O)[O-].[Li+]. The molecule has 0 radical (unpaired) electrons. The number of rotatable bonds is 8. The fourth-order valence-electron chi connectivity index (χ4n) is 1.24. The average Bonchev–Trinajstić information content (AvgIpc) is 2.09. The molecule has 0 saturated heterocycles. The largest absolute Gasteiger partial charge is 1.00 e. The molecule has 3 nitrogen and oxygen atoms in total. The van der Waals surface area contributed by atoms with Gasteiger partial charge in [-0.25, -0.2) is 8.42 Å². The van der Waals surface area contributed by atoms with E-state index in [0.29, 0.717) is 6.42 Å². The smallest absolute Gasteiger partial charge is 0.743 e. The molecule has 0 aliphatic heterocycles. The molecule has 0 aliphatic carbocycles. The minimum atomic E-state index is -5.48. The van der Waals surface area contributed by atoms with Crippen LogP contribution in [0.4, 0.5) is 8.78 Å².